The number of carbonyl (C=O) groups excluding carboxylic acids is 2. The lowest BCUT2D eigenvalue weighted by Gasteiger charge is -2.64. The van der Waals surface area contributed by atoms with Gasteiger partial charge < -0.3 is 25.4 Å². The smallest absolute Gasteiger partial charge is 0.193 e. The van der Waals surface area contributed by atoms with Crippen LogP contribution in [-0.4, -0.2) is 64.3 Å². The highest BCUT2D eigenvalue weighted by Gasteiger charge is 2.80. The van der Waals surface area contributed by atoms with Crippen LogP contribution in [0.1, 0.15) is 57.9 Å². The molecule has 1 unspecified atom stereocenters. The van der Waals surface area contributed by atoms with Gasteiger partial charge in [-0.05, 0) is 67.9 Å². The number of alkyl halides is 2. The zero-order chi connectivity index (χ0) is 31.9. The van der Waals surface area contributed by atoms with E-state index in [-0.39, 0.29) is 49.4 Å². The van der Waals surface area contributed by atoms with Gasteiger partial charge in [0.2, 0.25) is 0 Å². The van der Waals surface area contributed by atoms with Gasteiger partial charge in [-0.2, -0.15) is 0 Å². The van der Waals surface area contributed by atoms with Gasteiger partial charge in [-0.1, -0.05) is 50.0 Å². The van der Waals surface area contributed by atoms with Crippen molar-refractivity contribution in [1.29, 1.82) is 0 Å². The summed E-state index contributed by atoms with van der Waals surface area (Å²) in [5, 5.41) is 21.9. The van der Waals surface area contributed by atoms with Gasteiger partial charge in [0.05, 0.1) is 12.2 Å². The van der Waals surface area contributed by atoms with Gasteiger partial charge in [-0.25, -0.2) is 8.78 Å². The van der Waals surface area contributed by atoms with E-state index in [1.165, 1.54) is 6.08 Å². The number of ketones is 2. The number of nitrogens with two attached hydrogens (primary N) is 1. The molecule has 4 fully saturated rings. The van der Waals surface area contributed by atoms with E-state index in [1.54, 1.807) is 26.0 Å². The number of aliphatic hydroxyl groups is 2. The molecule has 7 nitrogen and oxygen atoms in total. The molecule has 5 aliphatic carbocycles. The number of anilines is 1. The molecule has 1 saturated heterocycles. The van der Waals surface area contributed by atoms with Crippen LogP contribution < -0.4 is 5.73 Å². The summed E-state index contributed by atoms with van der Waals surface area (Å²) in [6, 6.07) is 7.32. The van der Waals surface area contributed by atoms with Crippen molar-refractivity contribution in [1.82, 2.24) is 0 Å². The zero-order valence-electron chi connectivity index (χ0n) is 25.5. The molecule has 6 aliphatic rings. The second-order valence-corrected chi connectivity index (χ2v) is 14.2. The van der Waals surface area contributed by atoms with Crippen LogP contribution in [0.5, 0.6) is 0 Å². The summed E-state index contributed by atoms with van der Waals surface area (Å²) in [6.45, 7) is 2.62. The Balaban J connectivity index is 1.17. The number of ether oxygens (including phenoxy) is 2. The SMILES string of the molecule is C[C@]12CCC(=O)C=C1[C@@H](F)C[C@H]1[C@@H]3C[C@H]4O[C@@H](C5C=CC(C#Cc6cccc(N)c6)=CC5)O[C@@]4(C(=O)CO)[C@@]3(C)C[C@H](O)[C@@]12F. The Morgan fingerprint density at radius 2 is 2.00 bits per heavy atom. The van der Waals surface area contributed by atoms with Crippen LogP contribution in [0, 0.1) is 40.4 Å². The molecule has 7 rings (SSSR count). The van der Waals surface area contributed by atoms with E-state index in [4.69, 9.17) is 15.2 Å². The number of aliphatic hydroxyl groups excluding tert-OH is 2. The number of rotatable bonds is 3. The lowest BCUT2D eigenvalue weighted by atomic mass is 9.43. The molecular formula is C36H39F2NO6. The lowest BCUT2D eigenvalue weighted by molar-refractivity contribution is -0.244. The molecule has 238 valence electrons. The van der Waals surface area contributed by atoms with E-state index in [2.05, 4.69) is 11.8 Å². The molecule has 4 N–H and O–H groups in total. The van der Waals surface area contributed by atoms with Gasteiger partial charge in [0, 0.05) is 45.9 Å². The molecule has 11 atom stereocenters. The first kappa shape index (κ1) is 30.5. The topological polar surface area (TPSA) is 119 Å². The van der Waals surface area contributed by atoms with Gasteiger partial charge in [-0.15, -0.1) is 0 Å². The number of nitrogen functional groups attached to an aromatic ring is 1. The predicted molar refractivity (Wildman–Crippen MR) is 162 cm³/mol. The Morgan fingerprint density at radius 3 is 2.71 bits per heavy atom. The summed E-state index contributed by atoms with van der Waals surface area (Å²) in [5.41, 5.74) is 1.92. The monoisotopic (exact) mass is 619 g/mol. The van der Waals surface area contributed by atoms with E-state index in [9.17, 15) is 19.8 Å². The zero-order valence-corrected chi connectivity index (χ0v) is 25.5. The quantitative estimate of drug-likeness (QED) is 0.341. The third kappa shape index (κ3) is 4.15. The fourth-order valence-corrected chi connectivity index (χ4v) is 9.83. The number of Topliss-reactive ketones (excluding diaryl/α,β-unsaturated/α-hetero) is 1. The van der Waals surface area contributed by atoms with Crippen LogP contribution in [-0.2, 0) is 19.1 Å². The molecule has 9 heteroatoms. The van der Waals surface area contributed by atoms with Crippen LogP contribution in [0.15, 0.2) is 59.7 Å². The van der Waals surface area contributed by atoms with Crippen LogP contribution >= 0.6 is 0 Å². The third-order valence-electron chi connectivity index (χ3n) is 12.1. The number of halogens is 2. The van der Waals surface area contributed by atoms with Crippen molar-refractivity contribution < 1.29 is 38.1 Å². The van der Waals surface area contributed by atoms with Crippen molar-refractivity contribution in [3.63, 3.8) is 0 Å². The molecule has 3 saturated carbocycles. The number of allylic oxidation sites excluding steroid dienone is 4. The van der Waals surface area contributed by atoms with E-state index in [0.29, 0.717) is 12.1 Å². The van der Waals surface area contributed by atoms with Crippen LogP contribution in [0.25, 0.3) is 0 Å². The highest BCUT2D eigenvalue weighted by molar-refractivity contribution is 5.92. The van der Waals surface area contributed by atoms with Crippen molar-refractivity contribution >= 4 is 17.3 Å². The first-order valence-electron chi connectivity index (χ1n) is 15.9. The number of hydrogen-bond acceptors (Lipinski definition) is 7. The number of carbonyl (C=O) groups is 2. The van der Waals surface area contributed by atoms with E-state index in [0.717, 1.165) is 11.1 Å². The summed E-state index contributed by atoms with van der Waals surface area (Å²) < 4.78 is 46.5. The second kappa shape index (κ2) is 10.4. The fraction of sp³-hybridized carbons (Fsp3) is 0.556. The lowest BCUT2D eigenvalue weighted by Crippen LogP contribution is -2.71. The van der Waals surface area contributed by atoms with Crippen molar-refractivity contribution in [2.45, 2.75) is 88.3 Å². The molecule has 45 heavy (non-hydrogen) atoms. The highest BCUT2D eigenvalue weighted by atomic mass is 19.1. The van der Waals surface area contributed by atoms with Gasteiger partial charge in [0.15, 0.2) is 23.5 Å². The normalized spacial score (nSPS) is 44.8. The summed E-state index contributed by atoms with van der Waals surface area (Å²) in [6.07, 6.45) is 2.95. The minimum absolute atomic E-state index is 0.0841. The van der Waals surface area contributed by atoms with E-state index >= 15 is 8.78 Å². The van der Waals surface area contributed by atoms with E-state index in [1.807, 2.05) is 30.4 Å². The fourth-order valence-electron chi connectivity index (χ4n) is 9.83. The Morgan fingerprint density at radius 1 is 1.20 bits per heavy atom. The number of benzene rings is 1. The van der Waals surface area contributed by atoms with Crippen LogP contribution in [0.4, 0.5) is 14.5 Å². The van der Waals surface area contributed by atoms with Gasteiger partial charge in [0.1, 0.15) is 18.4 Å². The maximum atomic E-state index is 17.6. The van der Waals surface area contributed by atoms with Gasteiger partial charge in [0.25, 0.3) is 0 Å². The minimum atomic E-state index is -2.20. The second-order valence-electron chi connectivity index (χ2n) is 14.2. The highest BCUT2D eigenvalue weighted by Crippen LogP contribution is 2.72. The minimum Gasteiger partial charge on any atom is -0.399 e. The molecule has 1 aromatic rings. The van der Waals surface area contributed by atoms with E-state index < -0.39 is 71.0 Å². The average molecular weight is 620 g/mol. The summed E-state index contributed by atoms with van der Waals surface area (Å²) in [4.78, 5) is 25.9. The van der Waals surface area contributed by atoms with Crippen molar-refractivity contribution in [3.05, 3.63) is 65.3 Å². The van der Waals surface area contributed by atoms with Gasteiger partial charge >= 0.3 is 0 Å². The molecular weight excluding hydrogens is 580 g/mol. The Bertz CT molecular complexity index is 1610. The first-order valence-corrected chi connectivity index (χ1v) is 15.9. The Kier molecular flexibility index (Phi) is 7.07. The molecule has 0 radical (unpaired) electrons. The maximum absolute atomic E-state index is 17.6. The Labute approximate surface area is 261 Å². The standard InChI is InChI=1S/C36H39F2NO6/c1-33-13-12-24(41)15-27(33)28(37)16-26-25-17-31-36(30(43)19-40,34(25,2)18-29(42)35(26,33)38)45-32(44-31)22-10-8-20(9-11-22)6-7-21-4-3-5-23(39)14-21/h3-5,8-10,14-15,22,25-26,28-29,31-32,40,42H,11-13,16-19,39H2,1-2H3/t22?,25-,26-,28-,29-,31+,32+,33-,34-,35-,36+/m0/s1. The Hall–Kier alpha value is -3.16. The van der Waals surface area contributed by atoms with Crippen LogP contribution in [0.3, 0.4) is 0 Å². The first-order chi connectivity index (χ1) is 21.4. The summed E-state index contributed by atoms with van der Waals surface area (Å²) >= 11 is 0. The molecule has 0 aromatic heterocycles. The maximum Gasteiger partial charge on any atom is 0.193 e. The van der Waals surface area contributed by atoms with Gasteiger partial charge in [-0.3, -0.25) is 9.59 Å². The third-order valence-corrected chi connectivity index (χ3v) is 12.1. The molecule has 0 bridgehead atoms. The van der Waals surface area contributed by atoms with Crippen LogP contribution in [0.2, 0.25) is 0 Å². The molecule has 1 aromatic carbocycles. The van der Waals surface area contributed by atoms with Crippen molar-refractivity contribution in [2.24, 2.45) is 28.6 Å². The molecule has 1 heterocycles. The predicted octanol–water partition coefficient (Wildman–Crippen LogP) is 4.32. The summed E-state index contributed by atoms with van der Waals surface area (Å²) in [7, 11) is 0. The van der Waals surface area contributed by atoms with Crippen molar-refractivity contribution in [2.75, 3.05) is 12.3 Å². The summed E-state index contributed by atoms with van der Waals surface area (Å²) in [5.74, 6) is 3.70. The largest absolute Gasteiger partial charge is 0.399 e. The molecule has 1 aliphatic heterocycles. The number of hydrogen-bond donors (Lipinski definition) is 3. The molecule has 0 amide bonds. The molecule has 0 spiro atoms. The number of fused-ring (bicyclic) bond motifs is 7. The van der Waals surface area contributed by atoms with Crippen molar-refractivity contribution in [3.8, 4) is 11.8 Å². The average Bonchev–Trinajstić information content (AvgIpc) is 3.52.